The summed E-state index contributed by atoms with van der Waals surface area (Å²) in [5, 5.41) is 9.71. The number of hydrogen-bond donors (Lipinski definition) is 1. The van der Waals surface area contributed by atoms with Crippen LogP contribution in [0, 0.1) is 5.92 Å². The third-order valence-corrected chi connectivity index (χ3v) is 7.94. The lowest BCUT2D eigenvalue weighted by Crippen LogP contribution is -2.40. The fourth-order valence-corrected chi connectivity index (χ4v) is 4.13. The zero-order valence-corrected chi connectivity index (χ0v) is 11.2. The minimum absolute atomic E-state index is 0.00722. The van der Waals surface area contributed by atoms with Crippen LogP contribution in [0.2, 0.25) is 0 Å². The van der Waals surface area contributed by atoms with Crippen LogP contribution in [-0.2, 0) is 9.84 Å². The second-order valence-corrected chi connectivity index (χ2v) is 10.3. The van der Waals surface area contributed by atoms with Crippen molar-refractivity contribution < 1.29 is 13.5 Å². The summed E-state index contributed by atoms with van der Waals surface area (Å²) in [6.45, 7) is 1.56. The van der Waals surface area contributed by atoms with E-state index in [2.05, 4.69) is 31.9 Å². The number of halogens is 2. The third kappa shape index (κ3) is 2.27. The zero-order chi connectivity index (χ0) is 10.3. The molecule has 1 aliphatic carbocycles. The molecule has 0 radical (unpaired) electrons. The van der Waals surface area contributed by atoms with Crippen molar-refractivity contribution in [1.82, 2.24) is 0 Å². The van der Waals surface area contributed by atoms with Crippen LogP contribution in [0.25, 0.3) is 0 Å². The monoisotopic (exact) mass is 334 g/mol. The quantitative estimate of drug-likeness (QED) is 0.794. The van der Waals surface area contributed by atoms with Gasteiger partial charge in [-0.1, -0.05) is 38.8 Å². The summed E-state index contributed by atoms with van der Waals surface area (Å²) in [6.07, 6.45) is 0.941. The largest absolute Gasteiger partial charge is 0.389 e. The van der Waals surface area contributed by atoms with E-state index >= 15 is 0 Å². The highest BCUT2D eigenvalue weighted by Gasteiger charge is 2.50. The van der Waals surface area contributed by atoms with Crippen molar-refractivity contribution in [3.05, 3.63) is 0 Å². The molecular formula is C7H12Br2O3S. The van der Waals surface area contributed by atoms with Crippen molar-refractivity contribution in [2.24, 2.45) is 5.92 Å². The van der Waals surface area contributed by atoms with Crippen LogP contribution < -0.4 is 0 Å². The Morgan fingerprint density at radius 3 is 2.31 bits per heavy atom. The number of aliphatic hydroxyl groups excluding tert-OH is 1. The maximum absolute atomic E-state index is 11.5. The molecule has 1 saturated carbocycles. The summed E-state index contributed by atoms with van der Waals surface area (Å²) in [4.78, 5) is 0. The fourth-order valence-electron chi connectivity index (χ4n) is 1.06. The number of hydrogen-bond acceptors (Lipinski definition) is 3. The Bertz CT molecular complexity index is 282. The molecule has 6 heteroatoms. The molecular weight excluding hydrogens is 324 g/mol. The molecule has 0 spiro atoms. The molecule has 0 aromatic rings. The summed E-state index contributed by atoms with van der Waals surface area (Å²) >= 11 is 6.10. The van der Waals surface area contributed by atoms with Crippen molar-refractivity contribution in [1.29, 1.82) is 0 Å². The molecule has 0 aliphatic heterocycles. The minimum Gasteiger partial charge on any atom is -0.389 e. The van der Waals surface area contributed by atoms with Crippen LogP contribution in [0.4, 0.5) is 0 Å². The second-order valence-electron chi connectivity index (χ2n) is 3.25. The van der Waals surface area contributed by atoms with Gasteiger partial charge in [0.2, 0.25) is 2.57 Å². The van der Waals surface area contributed by atoms with Gasteiger partial charge in [-0.05, 0) is 18.8 Å². The lowest BCUT2D eigenvalue weighted by Gasteiger charge is -2.25. The molecule has 0 unspecified atom stereocenters. The van der Waals surface area contributed by atoms with Crippen LogP contribution in [0.1, 0.15) is 19.8 Å². The lowest BCUT2D eigenvalue weighted by molar-refractivity contribution is 0.161. The lowest BCUT2D eigenvalue weighted by atomic mass is 10.3. The Hall–Kier alpha value is 0.870. The topological polar surface area (TPSA) is 54.4 Å². The van der Waals surface area contributed by atoms with Gasteiger partial charge in [-0.3, -0.25) is 0 Å². The summed E-state index contributed by atoms with van der Waals surface area (Å²) in [5.41, 5.74) is 0. The van der Waals surface area contributed by atoms with E-state index in [1.54, 1.807) is 6.92 Å². The van der Waals surface area contributed by atoms with Crippen molar-refractivity contribution in [3.8, 4) is 0 Å². The highest BCUT2D eigenvalue weighted by molar-refractivity contribution is 9.28. The molecule has 0 bridgehead atoms. The van der Waals surface area contributed by atoms with Gasteiger partial charge in [0.25, 0.3) is 0 Å². The van der Waals surface area contributed by atoms with Crippen LogP contribution in [0.3, 0.4) is 0 Å². The number of aliphatic hydroxyl groups is 1. The van der Waals surface area contributed by atoms with Gasteiger partial charge in [-0.25, -0.2) is 8.42 Å². The van der Waals surface area contributed by atoms with Crippen molar-refractivity contribution in [2.45, 2.75) is 28.4 Å². The third-order valence-electron chi connectivity index (χ3n) is 2.21. The molecule has 1 N–H and O–H groups in total. The predicted octanol–water partition coefficient (Wildman–Crippen LogP) is 1.64. The first-order valence-electron chi connectivity index (χ1n) is 4.11. The average Bonchev–Trinajstić information content (AvgIpc) is 2.85. The number of alkyl halides is 2. The first kappa shape index (κ1) is 11.9. The summed E-state index contributed by atoms with van der Waals surface area (Å²) in [6, 6.07) is 0. The molecule has 0 heterocycles. The molecule has 0 aromatic carbocycles. The molecule has 3 nitrogen and oxygen atoms in total. The molecule has 1 fully saturated rings. The molecule has 0 saturated heterocycles. The van der Waals surface area contributed by atoms with E-state index < -0.39 is 18.5 Å². The summed E-state index contributed by atoms with van der Waals surface area (Å²) in [5.74, 6) is 0.118. The first-order chi connectivity index (χ1) is 5.83. The Morgan fingerprint density at radius 1 is 1.54 bits per heavy atom. The maximum Gasteiger partial charge on any atom is 0.206 e. The van der Waals surface area contributed by atoms with Gasteiger partial charge in [0.15, 0.2) is 9.84 Å². The normalized spacial score (nSPS) is 21.5. The van der Waals surface area contributed by atoms with E-state index in [1.807, 2.05) is 0 Å². The predicted molar refractivity (Wildman–Crippen MR) is 58.8 cm³/mol. The highest BCUT2D eigenvalue weighted by atomic mass is 79.9. The van der Waals surface area contributed by atoms with Gasteiger partial charge in [-0.15, -0.1) is 0 Å². The van der Waals surface area contributed by atoms with Crippen molar-refractivity contribution >= 4 is 41.7 Å². The van der Waals surface area contributed by atoms with E-state index in [9.17, 15) is 13.5 Å². The van der Waals surface area contributed by atoms with Gasteiger partial charge >= 0.3 is 0 Å². The van der Waals surface area contributed by atoms with Crippen LogP contribution in [0.15, 0.2) is 0 Å². The Balaban J connectivity index is 2.85. The Morgan fingerprint density at radius 2 is 2.00 bits per heavy atom. The van der Waals surface area contributed by atoms with Gasteiger partial charge < -0.3 is 5.11 Å². The van der Waals surface area contributed by atoms with Gasteiger partial charge in [0.1, 0.15) is 0 Å². The number of rotatable bonds is 4. The van der Waals surface area contributed by atoms with E-state index in [0.29, 0.717) is 0 Å². The van der Waals surface area contributed by atoms with Crippen molar-refractivity contribution in [3.63, 3.8) is 0 Å². The minimum atomic E-state index is -3.32. The highest BCUT2D eigenvalue weighted by Crippen LogP contribution is 2.46. The average molecular weight is 336 g/mol. The maximum atomic E-state index is 11.5. The molecule has 13 heavy (non-hydrogen) atoms. The molecule has 1 aliphatic rings. The Labute approximate surface area is 95.1 Å². The summed E-state index contributed by atoms with van der Waals surface area (Å²) < 4.78 is 21.7. The fraction of sp³-hybridized carbons (Fsp3) is 1.00. The second kappa shape index (κ2) is 3.79. The molecule has 0 aromatic heterocycles. The number of sulfone groups is 1. The smallest absolute Gasteiger partial charge is 0.206 e. The molecule has 1 atom stereocenters. The van der Waals surface area contributed by atoms with Crippen LogP contribution >= 0.6 is 31.9 Å². The molecule has 1 rings (SSSR count). The van der Waals surface area contributed by atoms with E-state index in [0.717, 1.165) is 12.8 Å². The molecule has 78 valence electrons. The van der Waals surface area contributed by atoms with E-state index in [4.69, 9.17) is 0 Å². The van der Waals surface area contributed by atoms with E-state index in [-0.39, 0.29) is 11.7 Å². The van der Waals surface area contributed by atoms with Gasteiger partial charge in [-0.2, -0.15) is 0 Å². The summed E-state index contributed by atoms with van der Waals surface area (Å²) in [7, 11) is -3.32. The first-order valence-corrected chi connectivity index (χ1v) is 7.35. The zero-order valence-electron chi connectivity index (χ0n) is 7.20. The van der Waals surface area contributed by atoms with Crippen molar-refractivity contribution in [2.75, 3.05) is 5.75 Å². The molecule has 0 amide bonds. The SMILES string of the molecule is CCS(=O)(=O)C(Br)(Br)[C@@H](O)C1CC1. The Kier molecular flexibility index (Phi) is 3.48. The van der Waals surface area contributed by atoms with Crippen LogP contribution in [0.5, 0.6) is 0 Å². The standard InChI is InChI=1S/C7H12Br2O3S/c1-2-13(11,12)7(8,9)6(10)5-3-4-5/h5-6,10H,2-4H2,1H3/t6-/m0/s1. The van der Waals surface area contributed by atoms with E-state index in [1.165, 1.54) is 0 Å². The van der Waals surface area contributed by atoms with Gasteiger partial charge in [0, 0.05) is 5.75 Å². The van der Waals surface area contributed by atoms with Crippen LogP contribution in [-0.4, -0.2) is 27.9 Å². The van der Waals surface area contributed by atoms with Gasteiger partial charge in [0.05, 0.1) is 6.10 Å².